The van der Waals surface area contributed by atoms with Crippen molar-refractivity contribution in [3.8, 4) is 0 Å². The third-order valence-electron chi connectivity index (χ3n) is 3.86. The van der Waals surface area contributed by atoms with Crippen molar-refractivity contribution in [3.05, 3.63) is 52.2 Å². The molecule has 1 aromatic carbocycles. The van der Waals surface area contributed by atoms with E-state index in [4.69, 9.17) is 0 Å². The molecular weight excluding hydrogens is 220 g/mol. The van der Waals surface area contributed by atoms with Crippen molar-refractivity contribution in [1.82, 2.24) is 0 Å². The standard InChI is InChI=1S/C16H22Si/c1-12-9-13(2)11-15(10-12)17(4,5)16-8-6-7-14(16)3/h6-7,9-11H,8H2,1-5H3. The van der Waals surface area contributed by atoms with Crippen LogP contribution in [-0.2, 0) is 0 Å². The summed E-state index contributed by atoms with van der Waals surface area (Å²) in [7, 11) is -1.46. The molecule has 0 amide bonds. The van der Waals surface area contributed by atoms with Crippen LogP contribution in [0.1, 0.15) is 24.5 Å². The highest BCUT2D eigenvalue weighted by atomic mass is 28.3. The summed E-state index contributed by atoms with van der Waals surface area (Å²) in [5, 5.41) is 3.27. The molecule has 1 aliphatic carbocycles. The summed E-state index contributed by atoms with van der Waals surface area (Å²) in [5.41, 5.74) is 4.29. The highest BCUT2D eigenvalue weighted by Crippen LogP contribution is 2.28. The molecule has 1 aliphatic rings. The molecule has 0 bridgehead atoms. The Morgan fingerprint density at radius 3 is 2.00 bits per heavy atom. The molecule has 17 heavy (non-hydrogen) atoms. The van der Waals surface area contributed by atoms with Crippen LogP contribution < -0.4 is 5.19 Å². The van der Waals surface area contributed by atoms with E-state index in [1.54, 1.807) is 10.4 Å². The molecule has 0 atom stereocenters. The lowest BCUT2D eigenvalue weighted by molar-refractivity contribution is 1.32. The molecule has 0 nitrogen and oxygen atoms in total. The van der Waals surface area contributed by atoms with Crippen LogP contribution in [0.3, 0.4) is 0 Å². The molecule has 1 aromatic rings. The maximum Gasteiger partial charge on any atom is 0.108 e. The fourth-order valence-corrected chi connectivity index (χ4v) is 6.10. The van der Waals surface area contributed by atoms with Crippen molar-refractivity contribution in [2.75, 3.05) is 0 Å². The number of aryl methyl sites for hydroxylation is 2. The van der Waals surface area contributed by atoms with Gasteiger partial charge in [0.05, 0.1) is 0 Å². The molecule has 0 saturated carbocycles. The van der Waals surface area contributed by atoms with Crippen molar-refractivity contribution < 1.29 is 0 Å². The molecule has 0 N–H and O–H groups in total. The third-order valence-corrected chi connectivity index (χ3v) is 7.70. The van der Waals surface area contributed by atoms with Crippen molar-refractivity contribution in [3.63, 3.8) is 0 Å². The average Bonchev–Trinajstić information content (AvgIpc) is 2.63. The van der Waals surface area contributed by atoms with Crippen LogP contribution in [-0.4, -0.2) is 8.07 Å². The molecule has 1 heteroatoms. The molecule has 0 aromatic heterocycles. The Kier molecular flexibility index (Phi) is 3.13. The molecule has 0 spiro atoms. The number of hydrogen-bond acceptors (Lipinski definition) is 0. The predicted molar refractivity (Wildman–Crippen MR) is 79.5 cm³/mol. The summed E-state index contributed by atoms with van der Waals surface area (Å²) in [6.45, 7) is 11.6. The van der Waals surface area contributed by atoms with Gasteiger partial charge in [-0.15, -0.1) is 0 Å². The Balaban J connectivity index is 2.48. The Bertz CT molecular complexity index is 484. The quantitative estimate of drug-likeness (QED) is 0.687. The summed E-state index contributed by atoms with van der Waals surface area (Å²) < 4.78 is 0. The maximum absolute atomic E-state index is 2.48. The molecule has 2 rings (SSSR count). The van der Waals surface area contributed by atoms with Crippen LogP contribution in [0.15, 0.2) is 41.1 Å². The van der Waals surface area contributed by atoms with Crippen molar-refractivity contribution in [2.45, 2.75) is 40.3 Å². The summed E-state index contributed by atoms with van der Waals surface area (Å²) in [4.78, 5) is 0. The Morgan fingerprint density at radius 1 is 0.941 bits per heavy atom. The van der Waals surface area contributed by atoms with Gasteiger partial charge < -0.3 is 0 Å². The smallest absolute Gasteiger partial charge is 0.0806 e. The molecule has 0 aliphatic heterocycles. The van der Waals surface area contributed by atoms with Crippen LogP contribution >= 0.6 is 0 Å². The van der Waals surface area contributed by atoms with E-state index in [9.17, 15) is 0 Å². The molecule has 0 heterocycles. The van der Waals surface area contributed by atoms with E-state index < -0.39 is 8.07 Å². The van der Waals surface area contributed by atoms with Gasteiger partial charge in [0.1, 0.15) is 8.07 Å². The fraction of sp³-hybridized carbons (Fsp3) is 0.375. The first kappa shape index (κ1) is 12.4. The Labute approximate surface area is 106 Å². The molecule has 0 fully saturated rings. The van der Waals surface area contributed by atoms with Gasteiger partial charge in [-0.2, -0.15) is 0 Å². The monoisotopic (exact) mass is 242 g/mol. The lowest BCUT2D eigenvalue weighted by atomic mass is 10.2. The summed E-state index contributed by atoms with van der Waals surface area (Å²) in [6, 6.07) is 7.04. The van der Waals surface area contributed by atoms with Crippen LogP contribution in [0.25, 0.3) is 0 Å². The lowest BCUT2D eigenvalue weighted by Crippen LogP contribution is -2.44. The van der Waals surface area contributed by atoms with Gasteiger partial charge in [-0.3, -0.25) is 0 Å². The third kappa shape index (κ3) is 2.30. The summed E-state index contributed by atoms with van der Waals surface area (Å²) >= 11 is 0. The SMILES string of the molecule is CC1=C([Si](C)(C)c2cc(C)cc(C)c2)CC=C1. The van der Waals surface area contributed by atoms with E-state index in [0.717, 1.165) is 6.42 Å². The zero-order valence-electron chi connectivity index (χ0n) is 11.6. The van der Waals surface area contributed by atoms with Gasteiger partial charge in [-0.1, -0.05) is 70.5 Å². The minimum Gasteiger partial charge on any atom is -0.0806 e. The van der Waals surface area contributed by atoms with E-state index in [0.29, 0.717) is 0 Å². The number of benzene rings is 1. The van der Waals surface area contributed by atoms with E-state index in [2.05, 4.69) is 64.2 Å². The summed E-state index contributed by atoms with van der Waals surface area (Å²) in [6.07, 6.45) is 5.76. The Morgan fingerprint density at radius 2 is 1.53 bits per heavy atom. The second-order valence-electron chi connectivity index (χ2n) is 5.77. The van der Waals surface area contributed by atoms with Crippen LogP contribution in [0.4, 0.5) is 0 Å². The zero-order valence-corrected chi connectivity index (χ0v) is 12.6. The summed E-state index contributed by atoms with van der Waals surface area (Å²) in [5.74, 6) is 0. The largest absolute Gasteiger partial charge is 0.108 e. The number of hydrogen-bond donors (Lipinski definition) is 0. The van der Waals surface area contributed by atoms with Crippen LogP contribution in [0.5, 0.6) is 0 Å². The van der Waals surface area contributed by atoms with Gasteiger partial charge in [-0.25, -0.2) is 0 Å². The molecule has 90 valence electrons. The van der Waals surface area contributed by atoms with E-state index >= 15 is 0 Å². The van der Waals surface area contributed by atoms with Gasteiger partial charge >= 0.3 is 0 Å². The first-order chi connectivity index (χ1) is 7.91. The van der Waals surface area contributed by atoms with Crippen LogP contribution in [0, 0.1) is 13.8 Å². The van der Waals surface area contributed by atoms with Crippen LogP contribution in [0.2, 0.25) is 13.1 Å². The molecule has 0 radical (unpaired) electrons. The normalized spacial score (nSPS) is 15.8. The van der Waals surface area contributed by atoms with E-state index in [1.165, 1.54) is 16.7 Å². The first-order valence-electron chi connectivity index (χ1n) is 6.37. The number of rotatable bonds is 2. The second kappa shape index (κ2) is 4.30. The van der Waals surface area contributed by atoms with Gasteiger partial charge in [0, 0.05) is 0 Å². The van der Waals surface area contributed by atoms with Crippen molar-refractivity contribution in [2.24, 2.45) is 0 Å². The lowest BCUT2D eigenvalue weighted by Gasteiger charge is -2.27. The van der Waals surface area contributed by atoms with Gasteiger partial charge in [-0.05, 0) is 27.2 Å². The number of allylic oxidation sites excluding steroid dienone is 4. The van der Waals surface area contributed by atoms with Gasteiger partial charge in [0.2, 0.25) is 0 Å². The average molecular weight is 242 g/mol. The predicted octanol–water partition coefficient (Wildman–Crippen LogP) is 4.03. The molecular formula is C16H22Si. The van der Waals surface area contributed by atoms with Crippen molar-refractivity contribution in [1.29, 1.82) is 0 Å². The fourth-order valence-electron chi connectivity index (χ4n) is 2.87. The topological polar surface area (TPSA) is 0 Å². The van der Waals surface area contributed by atoms with E-state index in [1.807, 2.05) is 0 Å². The maximum atomic E-state index is 2.48. The highest BCUT2D eigenvalue weighted by molar-refractivity contribution is 6.95. The zero-order chi connectivity index (χ0) is 12.6. The minimum atomic E-state index is -1.46. The molecule has 0 saturated heterocycles. The highest BCUT2D eigenvalue weighted by Gasteiger charge is 2.30. The Hall–Kier alpha value is -1.08. The van der Waals surface area contributed by atoms with Gasteiger partial charge in [0.15, 0.2) is 0 Å². The van der Waals surface area contributed by atoms with E-state index in [-0.39, 0.29) is 0 Å². The minimum absolute atomic E-state index is 1.16. The van der Waals surface area contributed by atoms with Gasteiger partial charge in [0.25, 0.3) is 0 Å². The molecule has 0 unspecified atom stereocenters. The second-order valence-corrected chi connectivity index (χ2v) is 10.2. The first-order valence-corrected chi connectivity index (χ1v) is 9.37. The van der Waals surface area contributed by atoms with Crippen molar-refractivity contribution >= 4 is 13.3 Å².